The molecule has 0 saturated carbocycles. The van der Waals surface area contributed by atoms with Crippen molar-refractivity contribution in [1.29, 1.82) is 0 Å². The second-order valence-corrected chi connectivity index (χ2v) is 19.0. The van der Waals surface area contributed by atoms with Crippen LogP contribution in [-0.2, 0) is 0 Å². The van der Waals surface area contributed by atoms with Crippen LogP contribution in [0.2, 0.25) is 17.6 Å². The third kappa shape index (κ3) is 16.7. The van der Waals surface area contributed by atoms with Crippen LogP contribution in [0, 0.1) is 23.8 Å². The van der Waals surface area contributed by atoms with E-state index in [0.29, 0.717) is 49.6 Å². The molecule has 0 aliphatic heterocycles. The zero-order valence-corrected chi connectivity index (χ0v) is 32.4. The summed E-state index contributed by atoms with van der Waals surface area (Å²) in [4.78, 5) is 0. The van der Waals surface area contributed by atoms with Crippen LogP contribution in [0.25, 0.3) is 0 Å². The topological polar surface area (TPSA) is 121 Å². The lowest BCUT2D eigenvalue weighted by Crippen LogP contribution is -2.36. The van der Waals surface area contributed by atoms with Crippen LogP contribution in [0.15, 0.2) is 77.3 Å². The summed E-state index contributed by atoms with van der Waals surface area (Å²) in [7, 11) is -1.58. The molecular formula is C41H57BrO6Si. The van der Waals surface area contributed by atoms with E-state index in [1.807, 2.05) is 60.7 Å². The number of terminal acetylenes is 1. The first-order chi connectivity index (χ1) is 23.3. The maximum Gasteiger partial charge on any atom is 0.140 e. The molecule has 268 valence electrons. The molecule has 3 rings (SSSR count). The van der Waals surface area contributed by atoms with Gasteiger partial charge in [-0.1, -0.05) is 98.4 Å². The highest BCUT2D eigenvalue weighted by atomic mass is 79.9. The monoisotopic (exact) mass is 752 g/mol. The molecule has 0 amide bonds. The summed E-state index contributed by atoms with van der Waals surface area (Å²) >= 11 is 3.33. The molecular weight excluding hydrogens is 696 g/mol. The van der Waals surface area contributed by atoms with Crippen molar-refractivity contribution >= 4 is 24.0 Å². The third-order valence-corrected chi connectivity index (χ3v) is 14.8. The van der Waals surface area contributed by atoms with Gasteiger partial charge in [-0.05, 0) is 103 Å². The molecule has 0 aliphatic rings. The van der Waals surface area contributed by atoms with Gasteiger partial charge in [-0.3, -0.25) is 0 Å². The Morgan fingerprint density at radius 3 is 1.22 bits per heavy atom. The fourth-order valence-corrected chi connectivity index (χ4v) is 7.38. The minimum Gasteiger partial charge on any atom is -0.396 e. The lowest BCUT2D eigenvalue weighted by molar-refractivity contribution is 0.151. The normalized spacial score (nSPS) is 12.8. The Bertz CT molecular complexity index is 1400. The quantitative estimate of drug-likeness (QED) is 0.0734. The Morgan fingerprint density at radius 2 is 0.918 bits per heavy atom. The highest BCUT2D eigenvalue weighted by Crippen LogP contribution is 2.31. The third-order valence-electron chi connectivity index (χ3n) is 8.79. The van der Waals surface area contributed by atoms with Crippen LogP contribution in [0.1, 0.15) is 112 Å². The smallest absolute Gasteiger partial charge is 0.140 e. The molecule has 3 aromatic rings. The van der Waals surface area contributed by atoms with Crippen LogP contribution in [0.4, 0.5) is 0 Å². The second kappa shape index (κ2) is 24.4. The van der Waals surface area contributed by atoms with Crippen molar-refractivity contribution in [2.75, 3.05) is 19.8 Å². The lowest BCUT2D eigenvalue weighted by Gasteiger charge is -2.29. The molecule has 49 heavy (non-hydrogen) atoms. The molecule has 0 aliphatic carbocycles. The SMILES string of the molecule is C#Cc1ccc([C@H](O)CCCO)cc1.CC(C)[Si](C)(C#Cc1ccc([C@H](O)CCCO)cc1)C(C)C.OCCC[C@@H](O)c1ccc(Br)cc1. The minimum atomic E-state index is -1.58. The van der Waals surface area contributed by atoms with Gasteiger partial charge < -0.3 is 30.6 Å². The molecule has 6 nitrogen and oxygen atoms in total. The summed E-state index contributed by atoms with van der Waals surface area (Å²) < 4.78 is 1.01. The molecule has 0 saturated heterocycles. The zero-order chi connectivity index (χ0) is 36.8. The molecule has 6 N–H and O–H groups in total. The zero-order valence-electron chi connectivity index (χ0n) is 29.8. The van der Waals surface area contributed by atoms with Crippen molar-refractivity contribution in [3.8, 4) is 23.8 Å². The van der Waals surface area contributed by atoms with Crippen molar-refractivity contribution in [1.82, 2.24) is 0 Å². The van der Waals surface area contributed by atoms with Crippen molar-refractivity contribution in [3.63, 3.8) is 0 Å². The average molecular weight is 754 g/mol. The number of rotatable bonds is 14. The highest BCUT2D eigenvalue weighted by molar-refractivity contribution is 9.10. The van der Waals surface area contributed by atoms with E-state index in [4.69, 9.17) is 21.7 Å². The fraction of sp³-hybridized carbons (Fsp3) is 0.463. The molecule has 3 aromatic carbocycles. The van der Waals surface area contributed by atoms with Gasteiger partial charge in [-0.25, -0.2) is 0 Å². The van der Waals surface area contributed by atoms with Gasteiger partial charge in [0.15, 0.2) is 0 Å². The average Bonchev–Trinajstić information content (AvgIpc) is 3.11. The van der Waals surface area contributed by atoms with E-state index >= 15 is 0 Å². The molecule has 0 fully saturated rings. The number of benzene rings is 3. The van der Waals surface area contributed by atoms with Gasteiger partial charge in [0.25, 0.3) is 0 Å². The Hall–Kier alpha value is -2.76. The Labute approximate surface area is 304 Å². The van der Waals surface area contributed by atoms with Crippen LogP contribution in [0.3, 0.4) is 0 Å². The van der Waals surface area contributed by atoms with E-state index in [2.05, 4.69) is 67.6 Å². The first-order valence-corrected chi connectivity index (χ1v) is 20.6. The van der Waals surface area contributed by atoms with Crippen molar-refractivity contribution in [3.05, 3.63) is 105 Å². The van der Waals surface area contributed by atoms with E-state index in [1.165, 1.54) is 0 Å². The van der Waals surface area contributed by atoms with Gasteiger partial charge in [0.2, 0.25) is 0 Å². The number of hydrogen-bond donors (Lipinski definition) is 6. The van der Waals surface area contributed by atoms with Gasteiger partial charge >= 0.3 is 0 Å². The standard InChI is InChI=1S/C19H30O2Si.C12H14O2.C10H13BrO2/c1-15(2)22(5,16(3)4)14-12-17-8-10-18(11-9-17)19(21)7-6-13-20;1-2-10-5-7-11(8-6-10)12(14)4-3-9-13;11-9-5-3-8(4-6-9)10(13)2-1-7-12/h8-11,15-16,19-21H,6-7,13H2,1-5H3;1,5-8,12-14H,3-4,9H2;3-6,10,12-13H,1-2,7H2/t19-;12-;10-/m111/s1. The maximum absolute atomic E-state index is 10.0. The van der Waals surface area contributed by atoms with Gasteiger partial charge in [0.1, 0.15) is 8.07 Å². The van der Waals surface area contributed by atoms with E-state index in [9.17, 15) is 15.3 Å². The van der Waals surface area contributed by atoms with Crippen LogP contribution < -0.4 is 0 Å². The van der Waals surface area contributed by atoms with Crippen molar-refractivity contribution in [2.45, 2.75) is 102 Å². The number of aliphatic hydroxyl groups is 6. The molecule has 0 heterocycles. The predicted molar refractivity (Wildman–Crippen MR) is 207 cm³/mol. The fourth-order valence-electron chi connectivity index (χ4n) is 4.79. The largest absolute Gasteiger partial charge is 0.396 e. The van der Waals surface area contributed by atoms with Gasteiger partial charge in [0, 0.05) is 35.4 Å². The molecule has 0 spiro atoms. The predicted octanol–water partition coefficient (Wildman–Crippen LogP) is 8.01. The molecule has 3 atom stereocenters. The van der Waals surface area contributed by atoms with Crippen LogP contribution in [-0.4, -0.2) is 58.5 Å². The molecule has 0 unspecified atom stereocenters. The summed E-state index contributed by atoms with van der Waals surface area (Å²) in [5, 5.41) is 55.3. The molecule has 0 aromatic heterocycles. The Morgan fingerprint density at radius 1 is 0.592 bits per heavy atom. The van der Waals surface area contributed by atoms with Gasteiger partial charge in [0.05, 0.1) is 18.3 Å². The van der Waals surface area contributed by atoms with E-state index in [-0.39, 0.29) is 19.8 Å². The van der Waals surface area contributed by atoms with Crippen molar-refractivity contribution < 1.29 is 30.6 Å². The summed E-state index contributed by atoms with van der Waals surface area (Å²) in [5.41, 5.74) is 9.32. The molecule has 0 bridgehead atoms. The van der Waals surface area contributed by atoms with Gasteiger partial charge in [-0.15, -0.1) is 12.0 Å². The summed E-state index contributed by atoms with van der Waals surface area (Å²) in [6, 6.07) is 22.7. The molecule has 8 heteroatoms. The summed E-state index contributed by atoms with van der Waals surface area (Å²) in [5.74, 6) is 5.86. The minimum absolute atomic E-state index is 0.111. The maximum atomic E-state index is 10.0. The number of hydrogen-bond acceptors (Lipinski definition) is 6. The van der Waals surface area contributed by atoms with Crippen LogP contribution in [0.5, 0.6) is 0 Å². The van der Waals surface area contributed by atoms with E-state index in [0.717, 1.165) is 32.3 Å². The number of aliphatic hydroxyl groups excluding tert-OH is 6. The number of halogens is 1. The summed E-state index contributed by atoms with van der Waals surface area (Å²) in [6.07, 6.45) is 7.39. The van der Waals surface area contributed by atoms with Gasteiger partial charge in [-0.2, -0.15) is 0 Å². The van der Waals surface area contributed by atoms with Crippen LogP contribution >= 0.6 is 15.9 Å². The highest BCUT2D eigenvalue weighted by Gasteiger charge is 2.33. The first-order valence-electron chi connectivity index (χ1n) is 17.1. The second-order valence-electron chi connectivity index (χ2n) is 12.9. The first kappa shape index (κ1) is 44.3. The van der Waals surface area contributed by atoms with Crippen molar-refractivity contribution in [2.24, 2.45) is 0 Å². The Balaban J connectivity index is 0.000000386. The van der Waals surface area contributed by atoms with E-state index < -0.39 is 26.4 Å². The molecule has 0 radical (unpaired) electrons. The Kier molecular flexibility index (Phi) is 22.0. The van der Waals surface area contributed by atoms with E-state index in [1.54, 1.807) is 12.1 Å². The lowest BCUT2D eigenvalue weighted by atomic mass is 10.0. The summed E-state index contributed by atoms with van der Waals surface area (Å²) in [6.45, 7) is 11.8.